The molecule has 0 aromatic heterocycles. The minimum atomic E-state index is -3.57. The molecule has 0 saturated carbocycles. The van der Waals surface area contributed by atoms with Crippen LogP contribution in [-0.2, 0) is 9.09 Å². The van der Waals surface area contributed by atoms with E-state index in [1.165, 1.54) is 89.9 Å². The molecule has 0 radical (unpaired) electrons. The van der Waals surface area contributed by atoms with Crippen molar-refractivity contribution in [1.29, 1.82) is 0 Å². The highest BCUT2D eigenvalue weighted by atomic mass is 31.2. The van der Waals surface area contributed by atoms with Gasteiger partial charge in [-0.05, 0) is 51.4 Å². The fourth-order valence-corrected chi connectivity index (χ4v) is 6.29. The van der Waals surface area contributed by atoms with E-state index < -0.39 is 7.60 Å². The van der Waals surface area contributed by atoms with E-state index in [1.807, 2.05) is 27.2 Å². The van der Waals surface area contributed by atoms with Gasteiger partial charge in [-0.2, -0.15) is 0 Å². The second-order valence-electron chi connectivity index (χ2n) is 10.5. The summed E-state index contributed by atoms with van der Waals surface area (Å²) in [4.78, 5) is 10.4. The van der Waals surface area contributed by atoms with Crippen molar-refractivity contribution in [2.24, 2.45) is 0 Å². The van der Waals surface area contributed by atoms with E-state index in [0.717, 1.165) is 19.3 Å². The zero-order chi connectivity index (χ0) is 24.8. The molecule has 0 heterocycles. The predicted octanol–water partition coefficient (Wildman–Crippen LogP) is 9.00. The van der Waals surface area contributed by atoms with Crippen LogP contribution in [0.1, 0.15) is 122 Å². The number of unbranched alkanes of at least 4 members (excludes halogenated alkanes) is 14. The Bertz CT molecular complexity index is 528. The first kappa shape index (κ1) is 32.6. The van der Waals surface area contributed by atoms with Crippen LogP contribution < -0.4 is 0 Å². The molecule has 5 heteroatoms. The van der Waals surface area contributed by atoms with E-state index in [1.54, 1.807) is 0 Å². The average molecular weight is 487 g/mol. The second-order valence-corrected chi connectivity index (χ2v) is 12.5. The number of quaternary nitrogens is 1. The Balaban J connectivity index is 3.52. The molecule has 0 aliphatic heterocycles. The molecule has 0 aromatic rings. The van der Waals surface area contributed by atoms with Crippen LogP contribution >= 0.6 is 7.60 Å². The molecule has 0 fully saturated rings. The van der Waals surface area contributed by atoms with Crippen LogP contribution in [0.15, 0.2) is 24.8 Å². The van der Waals surface area contributed by atoms with Crippen molar-refractivity contribution in [3.05, 3.63) is 24.8 Å². The van der Waals surface area contributed by atoms with Gasteiger partial charge in [-0.3, -0.25) is 4.57 Å². The van der Waals surface area contributed by atoms with Gasteiger partial charge in [0.05, 0.1) is 27.7 Å². The highest BCUT2D eigenvalue weighted by Crippen LogP contribution is 2.51. The molecule has 2 atom stereocenters. The second kappa shape index (κ2) is 20.9. The summed E-state index contributed by atoms with van der Waals surface area (Å²) in [7, 11) is 2.34. The SMILES string of the molecule is C=CCCCCCCCC=CCCCCCCCCCCOP(=O)(O)C(CCC)[N+](C)(C)C. The van der Waals surface area contributed by atoms with Crippen LogP contribution in [0.25, 0.3) is 0 Å². The lowest BCUT2D eigenvalue weighted by Gasteiger charge is -2.35. The third-order valence-corrected chi connectivity index (χ3v) is 8.56. The molecule has 0 spiro atoms. The maximum atomic E-state index is 12.7. The molecule has 0 amide bonds. The molecule has 0 aliphatic carbocycles. The number of rotatable bonds is 24. The third kappa shape index (κ3) is 19.6. The van der Waals surface area contributed by atoms with Gasteiger partial charge < -0.3 is 13.9 Å². The maximum absolute atomic E-state index is 12.7. The fraction of sp³-hybridized carbons (Fsp3) is 0.857. The highest BCUT2D eigenvalue weighted by Gasteiger charge is 2.41. The van der Waals surface area contributed by atoms with Crippen molar-refractivity contribution in [2.45, 2.75) is 128 Å². The topological polar surface area (TPSA) is 46.5 Å². The molecule has 0 saturated heterocycles. The quantitative estimate of drug-likeness (QED) is 0.0640. The summed E-state index contributed by atoms with van der Waals surface area (Å²) >= 11 is 0. The van der Waals surface area contributed by atoms with Crippen LogP contribution in [0.5, 0.6) is 0 Å². The van der Waals surface area contributed by atoms with Crippen LogP contribution in [0.4, 0.5) is 0 Å². The summed E-state index contributed by atoms with van der Waals surface area (Å²) in [6.45, 7) is 6.22. The number of hydrogen-bond acceptors (Lipinski definition) is 2. The van der Waals surface area contributed by atoms with Gasteiger partial charge in [-0.1, -0.05) is 82.9 Å². The van der Waals surface area contributed by atoms with Gasteiger partial charge in [0.15, 0.2) is 5.78 Å². The fourth-order valence-electron chi connectivity index (χ4n) is 4.27. The molecule has 0 aliphatic rings. The van der Waals surface area contributed by atoms with Crippen LogP contribution in [0.3, 0.4) is 0 Å². The van der Waals surface area contributed by atoms with Crippen LogP contribution in [0.2, 0.25) is 0 Å². The summed E-state index contributed by atoms with van der Waals surface area (Å²) in [5.41, 5.74) is 0. The first-order chi connectivity index (χ1) is 15.8. The van der Waals surface area contributed by atoms with Crippen molar-refractivity contribution in [1.82, 2.24) is 0 Å². The molecule has 33 heavy (non-hydrogen) atoms. The Morgan fingerprint density at radius 2 is 1.21 bits per heavy atom. The smallest absolute Gasteiger partial charge is 0.320 e. The normalized spacial score (nSPS) is 15.1. The minimum Gasteiger partial charge on any atom is -0.320 e. The standard InChI is InChI=1S/C28H56NO3P/c1-6-8-9-10-11-12-13-14-15-16-17-18-19-20-21-22-23-24-25-27-32-33(30,31)28(26-7-2)29(3,4)5/h6,15-16,28H,1,7-14,17-27H2,2-5H3/p+1. The van der Waals surface area contributed by atoms with E-state index in [-0.39, 0.29) is 5.78 Å². The molecule has 0 aromatic carbocycles. The molecule has 2 unspecified atom stereocenters. The van der Waals surface area contributed by atoms with Gasteiger partial charge in [0, 0.05) is 6.42 Å². The van der Waals surface area contributed by atoms with Crippen molar-refractivity contribution in [2.75, 3.05) is 27.7 Å². The Hall–Kier alpha value is -0.410. The van der Waals surface area contributed by atoms with Crippen LogP contribution in [-0.4, -0.2) is 42.9 Å². The average Bonchev–Trinajstić information content (AvgIpc) is 2.75. The lowest BCUT2D eigenvalue weighted by Crippen LogP contribution is -2.45. The summed E-state index contributed by atoms with van der Waals surface area (Å²) in [6, 6.07) is 0. The van der Waals surface area contributed by atoms with E-state index in [0.29, 0.717) is 17.5 Å². The zero-order valence-electron chi connectivity index (χ0n) is 22.6. The molecule has 4 nitrogen and oxygen atoms in total. The minimum absolute atomic E-state index is 0.338. The van der Waals surface area contributed by atoms with Crippen LogP contribution in [0, 0.1) is 0 Å². The van der Waals surface area contributed by atoms with Gasteiger partial charge in [0.25, 0.3) is 0 Å². The van der Waals surface area contributed by atoms with E-state index >= 15 is 0 Å². The first-order valence-electron chi connectivity index (χ1n) is 13.8. The number of hydrogen-bond donors (Lipinski definition) is 1. The Kier molecular flexibility index (Phi) is 20.7. The number of nitrogens with zero attached hydrogens (tertiary/aromatic N) is 1. The van der Waals surface area contributed by atoms with Crippen molar-refractivity contribution >= 4 is 7.60 Å². The molecule has 0 rings (SSSR count). The highest BCUT2D eigenvalue weighted by molar-refractivity contribution is 7.53. The van der Waals surface area contributed by atoms with E-state index in [2.05, 4.69) is 25.7 Å². The van der Waals surface area contributed by atoms with Gasteiger partial charge in [-0.15, -0.1) is 6.58 Å². The Morgan fingerprint density at radius 3 is 1.64 bits per heavy atom. The Morgan fingerprint density at radius 1 is 0.788 bits per heavy atom. The van der Waals surface area contributed by atoms with Crippen molar-refractivity contribution in [3.8, 4) is 0 Å². The zero-order valence-corrected chi connectivity index (χ0v) is 23.5. The summed E-state index contributed by atoms with van der Waals surface area (Å²) in [5, 5.41) is 0. The Labute approximate surface area is 207 Å². The molecule has 0 bridgehead atoms. The molecular weight excluding hydrogens is 429 g/mol. The summed E-state index contributed by atoms with van der Waals surface area (Å²) in [5.74, 6) is -0.338. The molecule has 196 valence electrons. The van der Waals surface area contributed by atoms with Crippen molar-refractivity contribution in [3.63, 3.8) is 0 Å². The van der Waals surface area contributed by atoms with Gasteiger partial charge in [0.1, 0.15) is 0 Å². The monoisotopic (exact) mass is 486 g/mol. The van der Waals surface area contributed by atoms with Gasteiger partial charge in [0.2, 0.25) is 0 Å². The first-order valence-corrected chi connectivity index (χ1v) is 15.4. The van der Waals surface area contributed by atoms with Gasteiger partial charge >= 0.3 is 7.60 Å². The maximum Gasteiger partial charge on any atom is 0.385 e. The van der Waals surface area contributed by atoms with Crippen molar-refractivity contribution < 1.29 is 18.5 Å². The largest absolute Gasteiger partial charge is 0.385 e. The molecule has 1 N–H and O–H groups in total. The van der Waals surface area contributed by atoms with E-state index in [4.69, 9.17) is 4.52 Å². The summed E-state index contributed by atoms with van der Waals surface area (Å²) in [6.07, 6.45) is 28.4. The van der Waals surface area contributed by atoms with E-state index in [9.17, 15) is 9.46 Å². The predicted molar refractivity (Wildman–Crippen MR) is 146 cm³/mol. The lowest BCUT2D eigenvalue weighted by molar-refractivity contribution is -0.883. The lowest BCUT2D eigenvalue weighted by atomic mass is 10.1. The summed E-state index contributed by atoms with van der Waals surface area (Å²) < 4.78 is 18.6. The third-order valence-electron chi connectivity index (χ3n) is 6.30. The molecular formula is C28H57NO3P+. The number of allylic oxidation sites excluding steroid dienone is 3. The van der Waals surface area contributed by atoms with Gasteiger partial charge in [-0.25, -0.2) is 0 Å².